The fourth-order valence-corrected chi connectivity index (χ4v) is 2.19. The average molecular weight is 291 g/mol. The fourth-order valence-electron chi connectivity index (χ4n) is 2.19. The lowest BCUT2D eigenvalue weighted by atomic mass is 9.99. The smallest absolute Gasteiger partial charge is 0.241 e. The second-order valence-corrected chi connectivity index (χ2v) is 4.53. The van der Waals surface area contributed by atoms with Crippen molar-refractivity contribution in [3.05, 3.63) is 6.33 Å². The SMILES string of the molecule is COCC1(CNC(=O)Cn2cnnn2)CCCN1.Cl. The molecule has 19 heavy (non-hydrogen) atoms. The summed E-state index contributed by atoms with van der Waals surface area (Å²) in [6.45, 7) is 2.25. The third-order valence-electron chi connectivity index (χ3n) is 3.07. The third kappa shape index (κ3) is 4.41. The number of carbonyl (C=O) groups is 1. The molecule has 108 valence electrons. The maximum atomic E-state index is 11.7. The van der Waals surface area contributed by atoms with E-state index in [4.69, 9.17) is 4.74 Å². The Morgan fingerprint density at radius 2 is 2.47 bits per heavy atom. The van der Waals surface area contributed by atoms with Gasteiger partial charge in [-0.2, -0.15) is 0 Å². The molecule has 1 aromatic rings. The van der Waals surface area contributed by atoms with Crippen molar-refractivity contribution in [2.45, 2.75) is 24.9 Å². The number of hydrogen-bond donors (Lipinski definition) is 2. The highest BCUT2D eigenvalue weighted by Gasteiger charge is 2.33. The molecule has 2 heterocycles. The summed E-state index contributed by atoms with van der Waals surface area (Å²) in [5.41, 5.74) is -0.134. The van der Waals surface area contributed by atoms with Crippen LogP contribution in [0, 0.1) is 0 Å². The highest BCUT2D eigenvalue weighted by molar-refractivity contribution is 5.85. The van der Waals surface area contributed by atoms with Gasteiger partial charge in [-0.3, -0.25) is 4.79 Å². The Hall–Kier alpha value is -1.25. The van der Waals surface area contributed by atoms with Gasteiger partial charge in [-0.1, -0.05) is 0 Å². The zero-order valence-electron chi connectivity index (χ0n) is 10.8. The van der Waals surface area contributed by atoms with Gasteiger partial charge in [0.25, 0.3) is 0 Å². The number of ether oxygens (including phenoxy) is 1. The van der Waals surface area contributed by atoms with E-state index in [0.29, 0.717) is 13.2 Å². The van der Waals surface area contributed by atoms with E-state index < -0.39 is 0 Å². The molecule has 0 bridgehead atoms. The van der Waals surface area contributed by atoms with Crippen LogP contribution in [0.2, 0.25) is 0 Å². The lowest BCUT2D eigenvalue weighted by Gasteiger charge is -2.28. The number of amides is 1. The van der Waals surface area contributed by atoms with Gasteiger partial charge in [0.15, 0.2) is 0 Å². The quantitative estimate of drug-likeness (QED) is 0.696. The first-order valence-electron chi connectivity index (χ1n) is 5.95. The number of rotatable bonds is 6. The Kier molecular flexibility index (Phi) is 6.13. The molecule has 1 amide bonds. The van der Waals surface area contributed by atoms with Gasteiger partial charge in [-0.25, -0.2) is 4.68 Å². The van der Waals surface area contributed by atoms with Crippen molar-refractivity contribution in [2.75, 3.05) is 26.8 Å². The maximum Gasteiger partial charge on any atom is 0.241 e. The molecule has 8 nitrogen and oxygen atoms in total. The molecule has 0 radical (unpaired) electrons. The largest absolute Gasteiger partial charge is 0.383 e. The lowest BCUT2D eigenvalue weighted by molar-refractivity contribution is -0.122. The molecule has 0 aliphatic carbocycles. The van der Waals surface area contributed by atoms with Crippen LogP contribution in [0.3, 0.4) is 0 Å². The van der Waals surface area contributed by atoms with E-state index in [0.717, 1.165) is 19.4 Å². The van der Waals surface area contributed by atoms with Gasteiger partial charge in [0, 0.05) is 13.7 Å². The zero-order chi connectivity index (χ0) is 12.8. The number of halogens is 1. The van der Waals surface area contributed by atoms with Gasteiger partial charge < -0.3 is 15.4 Å². The molecule has 1 fully saturated rings. The van der Waals surface area contributed by atoms with Gasteiger partial charge in [0.05, 0.1) is 12.1 Å². The Labute approximate surface area is 117 Å². The van der Waals surface area contributed by atoms with Crippen molar-refractivity contribution in [1.29, 1.82) is 0 Å². The highest BCUT2D eigenvalue weighted by Crippen LogP contribution is 2.18. The first kappa shape index (κ1) is 15.8. The van der Waals surface area contributed by atoms with Crippen LogP contribution in [-0.2, 0) is 16.1 Å². The third-order valence-corrected chi connectivity index (χ3v) is 3.07. The normalized spacial score (nSPS) is 21.9. The molecule has 1 unspecified atom stereocenters. The van der Waals surface area contributed by atoms with Crippen LogP contribution in [0.25, 0.3) is 0 Å². The van der Waals surface area contributed by atoms with E-state index >= 15 is 0 Å². The van der Waals surface area contributed by atoms with Crippen molar-refractivity contribution in [2.24, 2.45) is 0 Å². The maximum absolute atomic E-state index is 11.7. The van der Waals surface area contributed by atoms with Gasteiger partial charge >= 0.3 is 0 Å². The summed E-state index contributed by atoms with van der Waals surface area (Å²) in [6.07, 6.45) is 3.52. The summed E-state index contributed by atoms with van der Waals surface area (Å²) >= 11 is 0. The predicted octanol–water partition coefficient (Wildman–Crippen LogP) is -1.02. The van der Waals surface area contributed by atoms with E-state index in [1.165, 1.54) is 11.0 Å². The summed E-state index contributed by atoms with van der Waals surface area (Å²) in [5.74, 6) is -0.105. The van der Waals surface area contributed by atoms with Crippen LogP contribution < -0.4 is 10.6 Å². The summed E-state index contributed by atoms with van der Waals surface area (Å²) in [7, 11) is 1.67. The van der Waals surface area contributed by atoms with Gasteiger partial charge in [0.1, 0.15) is 12.9 Å². The molecule has 1 aromatic heterocycles. The van der Waals surface area contributed by atoms with Crippen LogP contribution >= 0.6 is 12.4 Å². The van der Waals surface area contributed by atoms with Crippen LogP contribution in [0.4, 0.5) is 0 Å². The zero-order valence-corrected chi connectivity index (χ0v) is 11.7. The molecule has 0 aromatic carbocycles. The number of aromatic nitrogens is 4. The van der Waals surface area contributed by atoms with E-state index in [-0.39, 0.29) is 30.4 Å². The van der Waals surface area contributed by atoms with E-state index in [2.05, 4.69) is 26.2 Å². The van der Waals surface area contributed by atoms with Crippen molar-refractivity contribution in [3.63, 3.8) is 0 Å². The molecule has 0 saturated carbocycles. The first-order valence-corrected chi connectivity index (χ1v) is 5.95. The molecule has 0 spiro atoms. The van der Waals surface area contributed by atoms with Crippen LogP contribution in [-0.4, -0.2) is 58.5 Å². The number of nitrogens with one attached hydrogen (secondary N) is 2. The Morgan fingerprint density at radius 1 is 1.63 bits per heavy atom. The Bertz CT molecular complexity index is 379. The number of carbonyl (C=O) groups excluding carboxylic acids is 1. The lowest BCUT2D eigenvalue weighted by Crippen LogP contribution is -2.53. The number of tetrazole rings is 1. The van der Waals surface area contributed by atoms with Crippen LogP contribution in [0.1, 0.15) is 12.8 Å². The monoisotopic (exact) mass is 290 g/mol. The van der Waals surface area contributed by atoms with E-state index in [1.807, 2.05) is 0 Å². The minimum atomic E-state index is -0.134. The Morgan fingerprint density at radius 3 is 3.05 bits per heavy atom. The summed E-state index contributed by atoms with van der Waals surface area (Å²) in [5, 5.41) is 16.9. The van der Waals surface area contributed by atoms with Gasteiger partial charge in [0.2, 0.25) is 5.91 Å². The minimum Gasteiger partial charge on any atom is -0.383 e. The standard InChI is InChI=1S/C10H18N6O2.ClH/c1-18-7-10(3-2-4-12-10)6-11-9(17)5-16-8-13-14-15-16;/h8,12H,2-7H2,1H3,(H,11,17);1H. The molecule has 2 rings (SSSR count). The van der Waals surface area contributed by atoms with Gasteiger partial charge in [-0.05, 0) is 29.8 Å². The van der Waals surface area contributed by atoms with Crippen molar-refractivity contribution in [3.8, 4) is 0 Å². The first-order chi connectivity index (χ1) is 8.74. The fraction of sp³-hybridized carbons (Fsp3) is 0.800. The predicted molar refractivity (Wildman–Crippen MR) is 69.9 cm³/mol. The second-order valence-electron chi connectivity index (χ2n) is 4.53. The molecule has 1 saturated heterocycles. The number of nitrogens with zero attached hydrogens (tertiary/aromatic N) is 4. The minimum absolute atomic E-state index is 0. The average Bonchev–Trinajstić information content (AvgIpc) is 2.99. The van der Waals surface area contributed by atoms with Crippen molar-refractivity contribution in [1.82, 2.24) is 30.8 Å². The molecule has 1 aliphatic heterocycles. The molecule has 1 aliphatic rings. The van der Waals surface area contributed by atoms with Crippen LogP contribution in [0.15, 0.2) is 6.33 Å². The molecule has 9 heteroatoms. The topological polar surface area (TPSA) is 94.0 Å². The van der Waals surface area contributed by atoms with Gasteiger partial charge in [-0.15, -0.1) is 17.5 Å². The number of hydrogen-bond acceptors (Lipinski definition) is 6. The summed E-state index contributed by atoms with van der Waals surface area (Å²) < 4.78 is 6.61. The summed E-state index contributed by atoms with van der Waals surface area (Å²) in [4.78, 5) is 11.7. The second kappa shape index (κ2) is 7.37. The Balaban J connectivity index is 0.00000180. The van der Waals surface area contributed by atoms with Crippen LogP contribution in [0.5, 0.6) is 0 Å². The summed E-state index contributed by atoms with van der Waals surface area (Å²) in [6, 6.07) is 0. The molecular weight excluding hydrogens is 272 g/mol. The van der Waals surface area contributed by atoms with E-state index in [9.17, 15) is 4.79 Å². The van der Waals surface area contributed by atoms with Crippen molar-refractivity contribution >= 4 is 18.3 Å². The molecular formula is C10H19ClN6O2. The molecule has 2 N–H and O–H groups in total. The molecule has 1 atom stereocenters. The van der Waals surface area contributed by atoms with E-state index in [1.54, 1.807) is 7.11 Å². The number of methoxy groups -OCH3 is 1. The highest BCUT2D eigenvalue weighted by atomic mass is 35.5. The van der Waals surface area contributed by atoms with Crippen molar-refractivity contribution < 1.29 is 9.53 Å².